The number of hydrogen-bond donors (Lipinski definition) is 2. The van der Waals surface area contributed by atoms with E-state index in [1.807, 2.05) is 0 Å². The van der Waals surface area contributed by atoms with E-state index in [9.17, 15) is 9.90 Å². The molecule has 0 radical (unpaired) electrons. The maximum absolute atomic E-state index is 11.3. The van der Waals surface area contributed by atoms with Crippen molar-refractivity contribution in [2.24, 2.45) is 11.7 Å². The Morgan fingerprint density at radius 2 is 2.16 bits per heavy atom. The minimum atomic E-state index is -0.528. The van der Waals surface area contributed by atoms with E-state index >= 15 is 0 Å². The molecular formula is C14H27NO3S. The lowest BCUT2D eigenvalue weighted by molar-refractivity contribution is -0.144. The van der Waals surface area contributed by atoms with Crippen LogP contribution in [0.25, 0.3) is 0 Å². The first kappa shape index (κ1) is 16.8. The Bertz CT molecular complexity index is 257. The molecule has 0 spiro atoms. The van der Waals surface area contributed by atoms with Crippen molar-refractivity contribution in [3.05, 3.63) is 0 Å². The largest absolute Gasteiger partial charge is 0.465 e. The molecule has 0 aromatic heterocycles. The first-order valence-electron chi connectivity index (χ1n) is 7.31. The van der Waals surface area contributed by atoms with E-state index in [1.165, 1.54) is 25.7 Å². The number of ether oxygens (including phenoxy) is 1. The molecule has 112 valence electrons. The summed E-state index contributed by atoms with van der Waals surface area (Å²) in [6, 6.07) is -0.528. The van der Waals surface area contributed by atoms with Crippen molar-refractivity contribution < 1.29 is 14.6 Å². The van der Waals surface area contributed by atoms with Crippen molar-refractivity contribution in [2.45, 2.75) is 57.6 Å². The van der Waals surface area contributed by atoms with Gasteiger partial charge in [0.05, 0.1) is 12.7 Å². The van der Waals surface area contributed by atoms with Crippen molar-refractivity contribution in [1.29, 1.82) is 0 Å². The molecule has 2 atom stereocenters. The highest BCUT2D eigenvalue weighted by Crippen LogP contribution is 2.29. The van der Waals surface area contributed by atoms with E-state index in [1.54, 1.807) is 18.7 Å². The van der Waals surface area contributed by atoms with Crippen molar-refractivity contribution in [2.75, 3.05) is 18.1 Å². The minimum Gasteiger partial charge on any atom is -0.465 e. The summed E-state index contributed by atoms with van der Waals surface area (Å²) in [5.74, 6) is 1.93. The zero-order valence-electron chi connectivity index (χ0n) is 11.8. The molecule has 0 heterocycles. The molecule has 19 heavy (non-hydrogen) atoms. The zero-order valence-corrected chi connectivity index (χ0v) is 12.7. The fourth-order valence-electron chi connectivity index (χ4n) is 2.50. The second kappa shape index (κ2) is 9.61. The van der Waals surface area contributed by atoms with Gasteiger partial charge in [0.1, 0.15) is 6.04 Å². The maximum Gasteiger partial charge on any atom is 0.322 e. The Morgan fingerprint density at radius 1 is 1.47 bits per heavy atom. The molecule has 1 aliphatic carbocycles. The normalized spacial score (nSPS) is 19.3. The lowest BCUT2D eigenvalue weighted by Crippen LogP contribution is -2.32. The van der Waals surface area contributed by atoms with E-state index in [4.69, 9.17) is 10.5 Å². The Labute approximate surface area is 120 Å². The SMILES string of the molecule is CCOC(=O)C(N)CCSCC(O)CC1CCCC1. The molecule has 0 bridgehead atoms. The standard InChI is InChI=1S/C14H27NO3S/c1-2-18-14(17)13(15)7-8-19-10-12(16)9-11-5-3-4-6-11/h11-13,16H,2-10,15H2,1H3. The van der Waals surface area contributed by atoms with Crippen LogP contribution >= 0.6 is 11.8 Å². The van der Waals surface area contributed by atoms with Crippen molar-refractivity contribution in [3.63, 3.8) is 0 Å². The van der Waals surface area contributed by atoms with Gasteiger partial charge in [0, 0.05) is 5.75 Å². The highest BCUT2D eigenvalue weighted by molar-refractivity contribution is 7.99. The van der Waals surface area contributed by atoms with Crippen LogP contribution in [-0.2, 0) is 9.53 Å². The lowest BCUT2D eigenvalue weighted by Gasteiger charge is -2.15. The van der Waals surface area contributed by atoms with E-state index in [2.05, 4.69) is 0 Å². The highest BCUT2D eigenvalue weighted by Gasteiger charge is 2.19. The number of esters is 1. The monoisotopic (exact) mass is 289 g/mol. The van der Waals surface area contributed by atoms with Crippen LogP contribution in [0.2, 0.25) is 0 Å². The van der Waals surface area contributed by atoms with Gasteiger partial charge in [0.2, 0.25) is 0 Å². The number of aliphatic hydroxyl groups excluding tert-OH is 1. The first-order valence-corrected chi connectivity index (χ1v) is 8.47. The molecular weight excluding hydrogens is 262 g/mol. The first-order chi connectivity index (χ1) is 9.13. The fourth-order valence-corrected chi connectivity index (χ4v) is 3.49. The van der Waals surface area contributed by atoms with Crippen LogP contribution in [0.15, 0.2) is 0 Å². The molecule has 1 fully saturated rings. The number of hydrogen-bond acceptors (Lipinski definition) is 5. The minimum absolute atomic E-state index is 0.216. The summed E-state index contributed by atoms with van der Waals surface area (Å²) in [5.41, 5.74) is 5.70. The summed E-state index contributed by atoms with van der Waals surface area (Å²) in [6.07, 6.45) is 6.51. The van der Waals surface area contributed by atoms with E-state index in [0.29, 0.717) is 13.0 Å². The summed E-state index contributed by atoms with van der Waals surface area (Å²) < 4.78 is 4.85. The van der Waals surface area contributed by atoms with Gasteiger partial charge >= 0.3 is 5.97 Å². The van der Waals surface area contributed by atoms with E-state index in [0.717, 1.165) is 23.8 Å². The molecule has 4 nitrogen and oxygen atoms in total. The van der Waals surface area contributed by atoms with Crippen molar-refractivity contribution in [1.82, 2.24) is 0 Å². The number of thioether (sulfide) groups is 1. The van der Waals surface area contributed by atoms with E-state index < -0.39 is 6.04 Å². The van der Waals surface area contributed by atoms with Crippen LogP contribution in [-0.4, -0.2) is 41.3 Å². The van der Waals surface area contributed by atoms with E-state index in [-0.39, 0.29) is 12.1 Å². The van der Waals surface area contributed by atoms with Gasteiger partial charge in [-0.15, -0.1) is 0 Å². The molecule has 1 aliphatic rings. The quantitative estimate of drug-likeness (QED) is 0.501. The van der Waals surface area contributed by atoms with Crippen LogP contribution in [0.3, 0.4) is 0 Å². The molecule has 0 aromatic carbocycles. The molecule has 2 unspecified atom stereocenters. The molecule has 0 amide bonds. The number of carbonyl (C=O) groups excluding carboxylic acids is 1. The summed E-state index contributed by atoms with van der Waals surface area (Å²) in [7, 11) is 0. The molecule has 0 saturated heterocycles. The Balaban J connectivity index is 2.01. The molecule has 5 heteroatoms. The van der Waals surface area contributed by atoms with Gasteiger partial charge in [-0.3, -0.25) is 4.79 Å². The van der Waals surface area contributed by atoms with Gasteiger partial charge in [-0.1, -0.05) is 25.7 Å². The van der Waals surface area contributed by atoms with Crippen LogP contribution in [0.4, 0.5) is 0 Å². The van der Waals surface area contributed by atoms with Gasteiger partial charge in [-0.2, -0.15) is 11.8 Å². The van der Waals surface area contributed by atoms with Gasteiger partial charge < -0.3 is 15.6 Å². The summed E-state index contributed by atoms with van der Waals surface area (Å²) >= 11 is 1.67. The van der Waals surface area contributed by atoms with Crippen LogP contribution in [0, 0.1) is 5.92 Å². The molecule has 0 aromatic rings. The van der Waals surface area contributed by atoms with Gasteiger partial charge in [0.25, 0.3) is 0 Å². The smallest absolute Gasteiger partial charge is 0.322 e. The summed E-state index contributed by atoms with van der Waals surface area (Å²) in [4.78, 5) is 11.3. The highest BCUT2D eigenvalue weighted by atomic mass is 32.2. The maximum atomic E-state index is 11.3. The number of aliphatic hydroxyl groups is 1. The fraction of sp³-hybridized carbons (Fsp3) is 0.929. The van der Waals surface area contributed by atoms with Crippen LogP contribution in [0.5, 0.6) is 0 Å². The molecule has 1 saturated carbocycles. The third-order valence-corrected chi connectivity index (χ3v) is 4.70. The molecule has 0 aliphatic heterocycles. The van der Waals surface area contributed by atoms with Crippen LogP contribution < -0.4 is 5.73 Å². The van der Waals surface area contributed by atoms with Crippen molar-refractivity contribution in [3.8, 4) is 0 Å². The number of carbonyl (C=O) groups is 1. The zero-order chi connectivity index (χ0) is 14.1. The van der Waals surface area contributed by atoms with Gasteiger partial charge in [0.15, 0.2) is 0 Å². The second-order valence-electron chi connectivity index (χ2n) is 5.26. The van der Waals surface area contributed by atoms with Crippen molar-refractivity contribution >= 4 is 17.7 Å². The predicted molar refractivity (Wildman–Crippen MR) is 79.1 cm³/mol. The molecule has 3 N–H and O–H groups in total. The predicted octanol–water partition coefficient (Wildman–Crippen LogP) is 1.94. The van der Waals surface area contributed by atoms with Gasteiger partial charge in [-0.05, 0) is 31.4 Å². The average molecular weight is 289 g/mol. The topological polar surface area (TPSA) is 72.5 Å². The Hall–Kier alpha value is -0.260. The Kier molecular flexibility index (Phi) is 8.50. The summed E-state index contributed by atoms with van der Waals surface area (Å²) in [5, 5.41) is 9.92. The number of nitrogens with two attached hydrogens (primary N) is 1. The second-order valence-corrected chi connectivity index (χ2v) is 6.41. The third kappa shape index (κ3) is 7.18. The van der Waals surface area contributed by atoms with Gasteiger partial charge in [-0.25, -0.2) is 0 Å². The Morgan fingerprint density at radius 3 is 2.79 bits per heavy atom. The summed E-state index contributed by atoms with van der Waals surface area (Å²) in [6.45, 7) is 2.15. The lowest BCUT2D eigenvalue weighted by atomic mass is 10.0. The average Bonchev–Trinajstić information content (AvgIpc) is 2.87. The third-order valence-electron chi connectivity index (χ3n) is 3.55. The molecule has 1 rings (SSSR count). The number of rotatable bonds is 9. The van der Waals surface area contributed by atoms with Crippen LogP contribution in [0.1, 0.15) is 45.4 Å².